The molecule has 1 aromatic carbocycles. The SMILES string of the molecule is Cc1cc(OC(C)C(=O)NC2CCC2)c2c(C)c(C)c(=O)oc2c1. The molecule has 1 aliphatic rings. The van der Waals surface area contributed by atoms with Crippen molar-refractivity contribution < 1.29 is 13.9 Å². The molecule has 3 rings (SSSR count). The predicted molar refractivity (Wildman–Crippen MR) is 92.6 cm³/mol. The molecule has 1 saturated carbocycles. The van der Waals surface area contributed by atoms with Crippen LogP contribution in [0, 0.1) is 20.8 Å². The highest BCUT2D eigenvalue weighted by Gasteiger charge is 2.24. The van der Waals surface area contributed by atoms with E-state index in [1.165, 1.54) is 6.42 Å². The second kappa shape index (κ2) is 6.30. The zero-order chi connectivity index (χ0) is 17.4. The first kappa shape index (κ1) is 16.6. The Bertz CT molecular complexity index is 849. The molecule has 0 spiro atoms. The third kappa shape index (κ3) is 3.03. The topological polar surface area (TPSA) is 68.5 Å². The summed E-state index contributed by atoms with van der Waals surface area (Å²) in [5, 5.41) is 3.75. The molecule has 1 aromatic heterocycles. The molecule has 1 heterocycles. The van der Waals surface area contributed by atoms with Gasteiger partial charge in [-0.1, -0.05) is 0 Å². The maximum atomic E-state index is 12.3. The fourth-order valence-corrected chi connectivity index (χ4v) is 2.90. The van der Waals surface area contributed by atoms with Crippen LogP contribution in [0.2, 0.25) is 0 Å². The van der Waals surface area contributed by atoms with Crippen molar-refractivity contribution in [3.63, 3.8) is 0 Å². The first-order chi connectivity index (χ1) is 11.4. The lowest BCUT2D eigenvalue weighted by atomic mass is 9.93. The fourth-order valence-electron chi connectivity index (χ4n) is 2.90. The largest absolute Gasteiger partial charge is 0.480 e. The average molecular weight is 329 g/mol. The number of amides is 1. The second-order valence-electron chi connectivity index (χ2n) is 6.67. The van der Waals surface area contributed by atoms with E-state index in [4.69, 9.17) is 9.15 Å². The summed E-state index contributed by atoms with van der Waals surface area (Å²) in [5.41, 5.74) is 2.44. The third-order valence-electron chi connectivity index (χ3n) is 4.78. The molecule has 1 fully saturated rings. The van der Waals surface area contributed by atoms with E-state index >= 15 is 0 Å². The monoisotopic (exact) mass is 329 g/mol. The number of aryl methyl sites for hydroxylation is 2. The van der Waals surface area contributed by atoms with Crippen molar-refractivity contribution in [2.24, 2.45) is 0 Å². The summed E-state index contributed by atoms with van der Waals surface area (Å²) in [4.78, 5) is 24.2. The van der Waals surface area contributed by atoms with Gasteiger partial charge in [-0.15, -0.1) is 0 Å². The predicted octanol–water partition coefficient (Wildman–Crippen LogP) is 3.15. The van der Waals surface area contributed by atoms with Crippen LogP contribution < -0.4 is 15.7 Å². The Labute approximate surface area is 141 Å². The number of carbonyl (C=O) groups excluding carboxylic acids is 1. The van der Waals surface area contributed by atoms with Crippen molar-refractivity contribution in [3.8, 4) is 5.75 Å². The van der Waals surface area contributed by atoms with Gasteiger partial charge in [-0.3, -0.25) is 4.79 Å². The Morgan fingerprint density at radius 2 is 1.96 bits per heavy atom. The molecule has 5 nitrogen and oxygen atoms in total. The summed E-state index contributed by atoms with van der Waals surface area (Å²) >= 11 is 0. The maximum absolute atomic E-state index is 12.3. The number of benzene rings is 1. The molecule has 5 heteroatoms. The van der Waals surface area contributed by atoms with Crippen LogP contribution in [0.3, 0.4) is 0 Å². The minimum absolute atomic E-state index is 0.110. The van der Waals surface area contributed by atoms with Crippen molar-refractivity contribution in [3.05, 3.63) is 39.2 Å². The van der Waals surface area contributed by atoms with Gasteiger partial charge in [0.15, 0.2) is 6.10 Å². The molecule has 0 aliphatic heterocycles. The van der Waals surface area contributed by atoms with Crippen molar-refractivity contribution >= 4 is 16.9 Å². The molecule has 0 radical (unpaired) electrons. The molecule has 24 heavy (non-hydrogen) atoms. The van der Waals surface area contributed by atoms with Crippen LogP contribution in [0.1, 0.15) is 42.9 Å². The summed E-state index contributed by atoms with van der Waals surface area (Å²) < 4.78 is 11.3. The van der Waals surface area contributed by atoms with Crippen LogP contribution in [-0.4, -0.2) is 18.1 Å². The van der Waals surface area contributed by atoms with E-state index in [9.17, 15) is 9.59 Å². The lowest BCUT2D eigenvalue weighted by Gasteiger charge is -2.28. The van der Waals surface area contributed by atoms with Crippen molar-refractivity contribution in [2.75, 3.05) is 0 Å². The Kier molecular flexibility index (Phi) is 4.35. The quantitative estimate of drug-likeness (QED) is 0.875. The Morgan fingerprint density at radius 1 is 1.25 bits per heavy atom. The molecule has 1 amide bonds. The van der Waals surface area contributed by atoms with E-state index in [-0.39, 0.29) is 17.6 Å². The minimum atomic E-state index is -0.609. The second-order valence-corrected chi connectivity index (χ2v) is 6.67. The highest BCUT2D eigenvalue weighted by Crippen LogP contribution is 2.31. The standard InChI is InChI=1S/C19H23NO4/c1-10-8-15(23-13(4)18(21)20-14-6-5-7-14)17-11(2)12(3)19(22)24-16(17)9-10/h8-9,13-14H,5-7H2,1-4H3,(H,20,21). The third-order valence-corrected chi connectivity index (χ3v) is 4.78. The molecule has 1 unspecified atom stereocenters. The molecule has 128 valence electrons. The highest BCUT2D eigenvalue weighted by atomic mass is 16.5. The zero-order valence-electron chi connectivity index (χ0n) is 14.6. The number of fused-ring (bicyclic) bond motifs is 1. The van der Waals surface area contributed by atoms with Crippen molar-refractivity contribution in [2.45, 2.75) is 59.1 Å². The summed E-state index contributed by atoms with van der Waals surface area (Å²) in [7, 11) is 0. The highest BCUT2D eigenvalue weighted by molar-refractivity contribution is 5.89. The lowest BCUT2D eigenvalue weighted by Crippen LogP contribution is -2.45. The van der Waals surface area contributed by atoms with Gasteiger partial charge in [-0.25, -0.2) is 4.79 Å². The first-order valence-corrected chi connectivity index (χ1v) is 8.38. The van der Waals surface area contributed by atoms with E-state index in [1.54, 1.807) is 13.8 Å². The Morgan fingerprint density at radius 3 is 2.58 bits per heavy atom. The van der Waals surface area contributed by atoms with Gasteiger partial charge in [-0.05, 0) is 70.2 Å². The van der Waals surface area contributed by atoms with Crippen LogP contribution in [0.4, 0.5) is 0 Å². The van der Waals surface area contributed by atoms with E-state index in [0.29, 0.717) is 16.9 Å². The van der Waals surface area contributed by atoms with E-state index in [0.717, 1.165) is 29.4 Å². The zero-order valence-corrected chi connectivity index (χ0v) is 14.6. The number of hydrogen-bond donors (Lipinski definition) is 1. The van der Waals surface area contributed by atoms with Gasteiger partial charge in [0.05, 0.1) is 5.39 Å². The molecule has 1 N–H and O–H groups in total. The number of ether oxygens (including phenoxy) is 1. The van der Waals surface area contributed by atoms with Gasteiger partial charge in [0.25, 0.3) is 5.91 Å². The van der Waals surface area contributed by atoms with E-state index in [1.807, 2.05) is 26.0 Å². The number of rotatable bonds is 4. The van der Waals surface area contributed by atoms with Gasteiger partial charge in [-0.2, -0.15) is 0 Å². The fraction of sp³-hybridized carbons (Fsp3) is 0.474. The maximum Gasteiger partial charge on any atom is 0.339 e. The van der Waals surface area contributed by atoms with Crippen LogP contribution in [0.15, 0.2) is 21.3 Å². The summed E-state index contributed by atoms with van der Waals surface area (Å²) in [6.45, 7) is 7.25. The molecular weight excluding hydrogens is 306 g/mol. The average Bonchev–Trinajstić information content (AvgIpc) is 2.47. The van der Waals surface area contributed by atoms with Gasteiger partial charge >= 0.3 is 5.63 Å². The smallest absolute Gasteiger partial charge is 0.339 e. The number of carbonyl (C=O) groups is 1. The molecule has 0 saturated heterocycles. The normalized spacial score (nSPS) is 15.8. The Hall–Kier alpha value is -2.30. The van der Waals surface area contributed by atoms with Gasteiger partial charge in [0.2, 0.25) is 0 Å². The van der Waals surface area contributed by atoms with Gasteiger partial charge in [0.1, 0.15) is 11.3 Å². The van der Waals surface area contributed by atoms with E-state index in [2.05, 4.69) is 5.32 Å². The van der Waals surface area contributed by atoms with Crippen LogP contribution in [-0.2, 0) is 4.79 Å². The number of hydrogen-bond acceptors (Lipinski definition) is 4. The van der Waals surface area contributed by atoms with Crippen molar-refractivity contribution in [1.29, 1.82) is 0 Å². The van der Waals surface area contributed by atoms with Crippen LogP contribution in [0.25, 0.3) is 11.0 Å². The summed E-state index contributed by atoms with van der Waals surface area (Å²) in [5.74, 6) is 0.465. The van der Waals surface area contributed by atoms with E-state index < -0.39 is 6.10 Å². The van der Waals surface area contributed by atoms with Crippen LogP contribution >= 0.6 is 0 Å². The first-order valence-electron chi connectivity index (χ1n) is 8.38. The molecule has 0 bridgehead atoms. The summed E-state index contributed by atoms with van der Waals surface area (Å²) in [6, 6.07) is 3.97. The Balaban J connectivity index is 1.94. The van der Waals surface area contributed by atoms with Gasteiger partial charge < -0.3 is 14.5 Å². The molecule has 1 aliphatic carbocycles. The van der Waals surface area contributed by atoms with Crippen molar-refractivity contribution in [1.82, 2.24) is 5.32 Å². The molecule has 2 aromatic rings. The van der Waals surface area contributed by atoms with Crippen LogP contribution in [0.5, 0.6) is 5.75 Å². The molecular formula is C19H23NO4. The van der Waals surface area contributed by atoms with Gasteiger partial charge in [0, 0.05) is 11.6 Å². The summed E-state index contributed by atoms with van der Waals surface area (Å²) in [6.07, 6.45) is 2.63. The minimum Gasteiger partial charge on any atom is -0.480 e. The molecule has 1 atom stereocenters. The lowest BCUT2D eigenvalue weighted by molar-refractivity contribution is -0.128. The number of nitrogens with one attached hydrogen (secondary N) is 1.